The Kier molecular flexibility index (Phi) is 6.15. The van der Waals surface area contributed by atoms with E-state index in [1.807, 2.05) is 26.8 Å². The van der Waals surface area contributed by atoms with E-state index in [0.29, 0.717) is 11.1 Å². The molecule has 206 valence electrons. The zero-order valence-corrected chi connectivity index (χ0v) is 24.0. The minimum atomic E-state index is -1.21. The Morgan fingerprint density at radius 1 is 1.05 bits per heavy atom. The van der Waals surface area contributed by atoms with Gasteiger partial charge in [-0.05, 0) is 77.3 Å². The predicted octanol–water partition coefficient (Wildman–Crippen LogP) is 4.40. The molecular weight excluding hydrogens is 500 g/mol. The first-order chi connectivity index (χ1) is 18.9. The van der Waals surface area contributed by atoms with E-state index in [4.69, 9.17) is 4.74 Å². The van der Waals surface area contributed by atoms with Gasteiger partial charge in [0.25, 0.3) is 0 Å². The molecule has 0 saturated carbocycles. The number of aliphatic carboxylic acids is 1. The highest BCUT2D eigenvalue weighted by atomic mass is 16.6. The highest BCUT2D eigenvalue weighted by molar-refractivity contribution is 5.99. The van der Waals surface area contributed by atoms with Crippen LogP contribution in [0.2, 0.25) is 0 Å². The number of fused-ring (bicyclic) bond motifs is 1. The van der Waals surface area contributed by atoms with Crippen LogP contribution in [0.1, 0.15) is 58.6 Å². The lowest BCUT2D eigenvalue weighted by Crippen LogP contribution is -2.38. The number of hydrogen-bond donors (Lipinski definition) is 0. The lowest BCUT2D eigenvalue weighted by Gasteiger charge is -2.38. The topological polar surface area (TPSA) is 72.9 Å². The van der Waals surface area contributed by atoms with Crippen molar-refractivity contribution in [1.29, 1.82) is 0 Å². The second-order valence-corrected chi connectivity index (χ2v) is 12.8. The Bertz CT molecular complexity index is 1480. The van der Waals surface area contributed by atoms with Crippen molar-refractivity contribution in [3.8, 4) is 0 Å². The summed E-state index contributed by atoms with van der Waals surface area (Å²) in [5.41, 5.74) is 7.00. The van der Waals surface area contributed by atoms with Crippen LogP contribution < -0.4 is 10.0 Å². The van der Waals surface area contributed by atoms with Crippen molar-refractivity contribution in [2.75, 3.05) is 31.1 Å². The van der Waals surface area contributed by atoms with Crippen LogP contribution in [0.5, 0.6) is 0 Å². The molecule has 0 bridgehead atoms. The van der Waals surface area contributed by atoms with Crippen molar-refractivity contribution in [3.05, 3.63) is 93.8 Å². The largest absolute Gasteiger partial charge is 0.549 e. The number of ether oxygens (including phenoxy) is 1. The Labute approximate surface area is 236 Å². The molecule has 0 amide bonds. The summed E-state index contributed by atoms with van der Waals surface area (Å²) in [5, 5.41) is 12.5. The normalized spacial score (nSPS) is 24.7. The fraction of sp³-hybridized carbons (Fsp3) is 0.412. The summed E-state index contributed by atoms with van der Waals surface area (Å²) in [4.78, 5) is 30.3. The molecule has 1 aromatic carbocycles. The summed E-state index contributed by atoms with van der Waals surface area (Å²) in [5.74, 6) is -2.71. The number of esters is 1. The lowest BCUT2D eigenvalue weighted by molar-refractivity contribution is -0.308. The van der Waals surface area contributed by atoms with E-state index >= 15 is 0 Å². The van der Waals surface area contributed by atoms with Crippen LogP contribution in [0, 0.1) is 12.0 Å². The van der Waals surface area contributed by atoms with Crippen LogP contribution in [0.4, 0.5) is 5.69 Å². The molecule has 0 radical (unpaired) electrons. The molecule has 2 fully saturated rings. The molecule has 6 rings (SSSR count). The second-order valence-electron chi connectivity index (χ2n) is 12.8. The number of rotatable bonds is 4. The van der Waals surface area contributed by atoms with E-state index in [0.717, 1.165) is 59.7 Å². The van der Waals surface area contributed by atoms with Crippen LogP contribution in [0.3, 0.4) is 0 Å². The van der Waals surface area contributed by atoms with Gasteiger partial charge in [-0.15, -0.1) is 0 Å². The SMILES string of the molecule is CC(C)(C)OC(=O)C1=CC(=C2C3=C(C=C(N4CCC4)C=[C+]3)C(C)(C)c3cc(N4CCC4)ccc32)C(C(=O)[O-])C=C1. The third-order valence-corrected chi connectivity index (χ3v) is 8.53. The fourth-order valence-corrected chi connectivity index (χ4v) is 6.07. The molecule has 1 aromatic rings. The quantitative estimate of drug-likeness (QED) is 0.420. The summed E-state index contributed by atoms with van der Waals surface area (Å²) >= 11 is 0. The highest BCUT2D eigenvalue weighted by Gasteiger charge is 2.45. The zero-order chi connectivity index (χ0) is 28.4. The number of carboxylic acids is 1. The molecule has 1 unspecified atom stereocenters. The Morgan fingerprint density at radius 2 is 1.75 bits per heavy atom. The first-order valence-corrected chi connectivity index (χ1v) is 14.2. The Hall–Kier alpha value is -3.89. The van der Waals surface area contributed by atoms with Crippen molar-refractivity contribution in [3.63, 3.8) is 0 Å². The number of likely N-dealkylation sites (tertiary alicyclic amines) is 1. The average molecular weight is 537 g/mol. The lowest BCUT2D eigenvalue weighted by atomic mass is 9.64. The summed E-state index contributed by atoms with van der Waals surface area (Å²) in [7, 11) is 0. The standard InChI is InChI=1S/C34H36N2O4/c1-33(2,3)40-32(39)21-8-11-24(31(37)38)27(18-21)30-25-12-9-22(35-14-6-15-35)19-28(25)34(4,5)29-20-23(10-13-26(29)30)36-16-7-17-36/h8-12,18-20,24H,6-7,14-17H2,1-5H3. The molecule has 3 aliphatic carbocycles. The summed E-state index contributed by atoms with van der Waals surface area (Å²) in [6.45, 7) is 14.0. The van der Waals surface area contributed by atoms with Crippen molar-refractivity contribution in [2.24, 2.45) is 5.92 Å². The molecule has 0 spiro atoms. The van der Waals surface area contributed by atoms with Gasteiger partial charge in [-0.2, -0.15) is 0 Å². The monoisotopic (exact) mass is 536 g/mol. The number of allylic oxidation sites excluding steroid dienone is 7. The number of anilines is 1. The average Bonchev–Trinajstić information content (AvgIpc) is 2.81. The second kappa shape index (κ2) is 9.35. The Balaban J connectivity index is 1.60. The number of hydrogen-bond acceptors (Lipinski definition) is 6. The molecule has 5 aliphatic rings. The summed E-state index contributed by atoms with van der Waals surface area (Å²) in [6, 6.07) is 6.50. The van der Waals surface area contributed by atoms with Gasteiger partial charge in [0.1, 0.15) is 11.3 Å². The molecule has 2 aliphatic heterocycles. The van der Waals surface area contributed by atoms with Gasteiger partial charge in [0.15, 0.2) is 5.57 Å². The number of carboxylic acid groups (broad SMARTS) is 1. The van der Waals surface area contributed by atoms with Gasteiger partial charge in [-0.1, -0.05) is 12.2 Å². The predicted molar refractivity (Wildman–Crippen MR) is 154 cm³/mol. The minimum Gasteiger partial charge on any atom is -0.549 e. The molecule has 2 heterocycles. The number of nitrogens with zero attached hydrogens (tertiary/aromatic N) is 2. The first-order valence-electron chi connectivity index (χ1n) is 14.2. The van der Waals surface area contributed by atoms with Crippen LogP contribution in [-0.2, 0) is 19.7 Å². The molecule has 6 heteroatoms. The molecule has 6 nitrogen and oxygen atoms in total. The maximum Gasteiger partial charge on any atom is 0.338 e. The van der Waals surface area contributed by atoms with E-state index in [1.165, 1.54) is 24.6 Å². The van der Waals surface area contributed by atoms with Crippen molar-refractivity contribution < 1.29 is 19.4 Å². The molecule has 2 saturated heterocycles. The van der Waals surface area contributed by atoms with E-state index in [-0.39, 0.29) is 5.41 Å². The molecular formula is C34H36N2O4. The van der Waals surface area contributed by atoms with Gasteiger partial charge in [0.05, 0.1) is 46.2 Å². The van der Waals surface area contributed by atoms with Gasteiger partial charge in [-0.3, -0.25) is 0 Å². The van der Waals surface area contributed by atoms with Gasteiger partial charge in [-0.25, -0.2) is 4.79 Å². The number of carbonyl (C=O) groups excluding carboxylic acids is 2. The highest BCUT2D eigenvalue weighted by Crippen LogP contribution is 2.52. The van der Waals surface area contributed by atoms with Crippen LogP contribution in [0.15, 0.2) is 76.6 Å². The number of benzene rings is 1. The summed E-state index contributed by atoms with van der Waals surface area (Å²) < 4.78 is 5.64. The smallest absolute Gasteiger partial charge is 0.338 e. The van der Waals surface area contributed by atoms with Crippen LogP contribution in [-0.4, -0.2) is 48.6 Å². The van der Waals surface area contributed by atoms with Crippen LogP contribution >= 0.6 is 0 Å². The van der Waals surface area contributed by atoms with Crippen LogP contribution in [0.25, 0.3) is 5.57 Å². The van der Waals surface area contributed by atoms with Gasteiger partial charge >= 0.3 is 5.97 Å². The zero-order valence-electron chi connectivity index (χ0n) is 24.0. The van der Waals surface area contributed by atoms with Gasteiger partial charge < -0.3 is 24.4 Å². The molecule has 40 heavy (non-hydrogen) atoms. The Morgan fingerprint density at radius 3 is 2.35 bits per heavy atom. The van der Waals surface area contributed by atoms with E-state index in [9.17, 15) is 14.7 Å². The minimum absolute atomic E-state index is 0.317. The molecule has 0 aromatic heterocycles. The maximum atomic E-state index is 13.1. The fourth-order valence-electron chi connectivity index (χ4n) is 6.07. The first kappa shape index (κ1) is 26.3. The third kappa shape index (κ3) is 4.41. The summed E-state index contributed by atoms with van der Waals surface area (Å²) in [6.07, 6.45) is 14.9. The van der Waals surface area contributed by atoms with Gasteiger partial charge in [0.2, 0.25) is 0 Å². The number of carbonyl (C=O) groups is 2. The molecule has 0 N–H and O–H groups in total. The van der Waals surface area contributed by atoms with E-state index in [1.54, 1.807) is 12.2 Å². The molecule has 1 atom stereocenters. The third-order valence-electron chi connectivity index (χ3n) is 8.53. The van der Waals surface area contributed by atoms with E-state index < -0.39 is 23.5 Å². The van der Waals surface area contributed by atoms with E-state index in [2.05, 4.69) is 54.0 Å². The van der Waals surface area contributed by atoms with Gasteiger partial charge in [0, 0.05) is 49.1 Å². The van der Waals surface area contributed by atoms with Crippen molar-refractivity contribution in [2.45, 2.75) is 58.5 Å². The van der Waals surface area contributed by atoms with Crippen molar-refractivity contribution >= 4 is 23.2 Å². The maximum absolute atomic E-state index is 13.1. The van der Waals surface area contributed by atoms with Crippen molar-refractivity contribution in [1.82, 2.24) is 4.90 Å².